The van der Waals surface area contributed by atoms with E-state index in [1.165, 1.54) is 17.6 Å². The Morgan fingerprint density at radius 2 is 1.45 bits per heavy atom. The fraction of sp³-hybridized carbons (Fsp3) is 0.721. The van der Waals surface area contributed by atoms with E-state index < -0.39 is 17.4 Å². The number of benzene rings is 1. The maximum absolute atomic E-state index is 13.4. The number of fused-ring (bicyclic) bond motifs is 7. The first-order chi connectivity index (χ1) is 22.8. The van der Waals surface area contributed by atoms with Gasteiger partial charge in [-0.05, 0) is 153 Å². The first kappa shape index (κ1) is 36.4. The van der Waals surface area contributed by atoms with Crippen LogP contribution in [-0.4, -0.2) is 72.7 Å². The lowest BCUT2D eigenvalue weighted by Gasteiger charge is -2.75. The molecule has 4 fully saturated rings. The summed E-state index contributed by atoms with van der Waals surface area (Å²) in [6.07, 6.45) is 11.6. The molecule has 9 atom stereocenters. The Balaban J connectivity index is 1.34. The summed E-state index contributed by atoms with van der Waals surface area (Å²) in [6.45, 7) is 22.7. The summed E-state index contributed by atoms with van der Waals surface area (Å²) in [4.78, 5) is 29.6. The van der Waals surface area contributed by atoms with Crippen LogP contribution in [-0.2, 0) is 4.79 Å². The summed E-state index contributed by atoms with van der Waals surface area (Å²) in [5.41, 5.74) is 3.57. The van der Waals surface area contributed by atoms with Crippen LogP contribution in [0, 0.1) is 56.2 Å². The lowest BCUT2D eigenvalue weighted by Crippen LogP contribution is -2.69. The molecule has 49 heavy (non-hydrogen) atoms. The molecule has 5 aliphatic carbocycles. The predicted molar refractivity (Wildman–Crippen MR) is 198 cm³/mol. The van der Waals surface area contributed by atoms with E-state index in [9.17, 15) is 19.8 Å². The molecule has 1 aromatic carbocycles. The van der Waals surface area contributed by atoms with Gasteiger partial charge in [-0.1, -0.05) is 71.9 Å². The van der Waals surface area contributed by atoms with Crippen LogP contribution in [0.3, 0.4) is 0 Å². The van der Waals surface area contributed by atoms with Gasteiger partial charge < -0.3 is 20.0 Å². The average molecular weight is 673 g/mol. The van der Waals surface area contributed by atoms with E-state index in [4.69, 9.17) is 6.58 Å². The molecular formula is C43H64N2O4. The highest BCUT2D eigenvalue weighted by Gasteiger charge is 2.75. The summed E-state index contributed by atoms with van der Waals surface area (Å²) in [6, 6.07) is 7.50. The molecule has 1 aromatic rings. The van der Waals surface area contributed by atoms with Crippen molar-refractivity contribution in [3.63, 3.8) is 0 Å². The van der Waals surface area contributed by atoms with Crippen molar-refractivity contribution in [3.05, 3.63) is 53.6 Å². The first-order valence-corrected chi connectivity index (χ1v) is 19.1. The topological polar surface area (TPSA) is 81.1 Å². The molecule has 0 saturated heterocycles. The van der Waals surface area contributed by atoms with Crippen LogP contribution in [0.1, 0.15) is 115 Å². The second kappa shape index (κ2) is 12.1. The molecule has 6 heteroatoms. The van der Waals surface area contributed by atoms with E-state index >= 15 is 0 Å². The number of hydrogen-bond acceptors (Lipinski definition) is 4. The van der Waals surface area contributed by atoms with Gasteiger partial charge in [0.15, 0.2) is 0 Å². The molecule has 270 valence electrons. The van der Waals surface area contributed by atoms with Crippen molar-refractivity contribution in [2.45, 2.75) is 99.3 Å². The van der Waals surface area contributed by atoms with Crippen molar-refractivity contribution >= 4 is 17.5 Å². The molecule has 0 unspecified atom stereocenters. The standard InChI is InChI=1S/C43H64N2O4/c1-28(27-45(10)26-25-44(8)9)31-15-22-43(37(48)49)24-23-42(7)40(5)20-17-33-38(2,3)32(29-11-13-30(14-12-29)36(46)47)16-19-39(33,4)34(40)18-21-41(42,6)35(31)43/h11-14,16,31,33-35H,1,15,17-27H2,2-10H3,(H,46,47)(H,48,49)/t31-,33-,34+,35+,39-,40+,41+,42-,43-/m0/s1. The van der Waals surface area contributed by atoms with Gasteiger partial charge in [0.25, 0.3) is 0 Å². The van der Waals surface area contributed by atoms with Crippen LogP contribution in [0.4, 0.5) is 0 Å². The van der Waals surface area contributed by atoms with Gasteiger partial charge >= 0.3 is 11.9 Å². The quantitative estimate of drug-likeness (QED) is 0.255. The van der Waals surface area contributed by atoms with E-state index in [2.05, 4.69) is 78.6 Å². The molecular weight excluding hydrogens is 608 g/mol. The summed E-state index contributed by atoms with van der Waals surface area (Å²) in [7, 11) is 6.41. The maximum atomic E-state index is 13.4. The second-order valence-electron chi connectivity index (χ2n) is 19.1. The average Bonchev–Trinajstić information content (AvgIpc) is 3.44. The molecule has 6 rings (SSSR count). The highest BCUT2D eigenvalue weighted by atomic mass is 16.4. The van der Waals surface area contributed by atoms with Gasteiger partial charge in [-0.25, -0.2) is 4.79 Å². The Labute approximate surface area is 296 Å². The van der Waals surface area contributed by atoms with E-state index in [-0.39, 0.29) is 38.9 Å². The van der Waals surface area contributed by atoms with E-state index in [0.717, 1.165) is 76.6 Å². The van der Waals surface area contributed by atoms with Gasteiger partial charge in [-0.3, -0.25) is 4.79 Å². The van der Waals surface area contributed by atoms with Crippen molar-refractivity contribution in [2.75, 3.05) is 40.8 Å². The Morgan fingerprint density at radius 1 is 0.816 bits per heavy atom. The SMILES string of the molecule is C=C(CN(C)CCN(C)C)[C@@H]1CC[C@]2(C(=O)O)CC[C@@]3(C)[C@]4(C)CC[C@H]5C(C)(C)C(c6ccc(C(=O)O)cc6)=CC[C@]5(C)[C@H]4CC[C@]3(C)[C@@H]12. The number of rotatable bonds is 9. The third-order valence-electron chi connectivity index (χ3n) is 16.6. The zero-order valence-electron chi connectivity index (χ0n) is 32.0. The number of aromatic carboxylic acids is 1. The van der Waals surface area contributed by atoms with Crippen LogP contribution in [0.2, 0.25) is 0 Å². The number of carboxylic acids is 2. The fourth-order valence-corrected chi connectivity index (χ4v) is 13.8. The monoisotopic (exact) mass is 672 g/mol. The number of allylic oxidation sites excluding steroid dienone is 2. The van der Waals surface area contributed by atoms with Crippen LogP contribution >= 0.6 is 0 Å². The number of aliphatic carboxylic acids is 1. The van der Waals surface area contributed by atoms with Crippen molar-refractivity contribution in [3.8, 4) is 0 Å². The van der Waals surface area contributed by atoms with Crippen molar-refractivity contribution in [2.24, 2.45) is 56.2 Å². The van der Waals surface area contributed by atoms with Gasteiger partial charge in [-0.2, -0.15) is 0 Å². The highest BCUT2D eigenvalue weighted by molar-refractivity contribution is 5.88. The Kier molecular flexibility index (Phi) is 8.96. The van der Waals surface area contributed by atoms with Crippen LogP contribution < -0.4 is 0 Å². The normalized spacial score (nSPS) is 40.9. The molecule has 0 heterocycles. The van der Waals surface area contributed by atoms with Crippen molar-refractivity contribution in [1.29, 1.82) is 0 Å². The minimum Gasteiger partial charge on any atom is -0.481 e. The summed E-state index contributed by atoms with van der Waals surface area (Å²) in [5, 5.41) is 20.5. The lowest BCUT2D eigenvalue weighted by molar-refractivity contribution is -0.263. The van der Waals surface area contributed by atoms with Crippen molar-refractivity contribution < 1.29 is 19.8 Å². The molecule has 6 nitrogen and oxygen atoms in total. The molecule has 5 aliphatic rings. The fourth-order valence-electron chi connectivity index (χ4n) is 13.8. The lowest BCUT2D eigenvalue weighted by atomic mass is 9.29. The molecule has 4 saturated carbocycles. The largest absolute Gasteiger partial charge is 0.481 e. The zero-order chi connectivity index (χ0) is 35.9. The van der Waals surface area contributed by atoms with Gasteiger partial charge in [0.2, 0.25) is 0 Å². The minimum atomic E-state index is -0.885. The minimum absolute atomic E-state index is 0.0288. The van der Waals surface area contributed by atoms with Gasteiger partial charge in [0.05, 0.1) is 11.0 Å². The molecule has 0 radical (unpaired) electrons. The first-order valence-electron chi connectivity index (χ1n) is 19.1. The summed E-state index contributed by atoms with van der Waals surface area (Å²) < 4.78 is 0. The Hall–Kier alpha value is -2.44. The number of likely N-dealkylation sites (N-methyl/N-ethyl adjacent to an activating group) is 2. The van der Waals surface area contributed by atoms with Crippen LogP contribution in [0.15, 0.2) is 42.5 Å². The molecule has 0 spiro atoms. The van der Waals surface area contributed by atoms with E-state index in [0.29, 0.717) is 17.4 Å². The van der Waals surface area contributed by atoms with Crippen molar-refractivity contribution in [1.82, 2.24) is 9.80 Å². The van der Waals surface area contributed by atoms with Crippen LogP contribution in [0.5, 0.6) is 0 Å². The van der Waals surface area contributed by atoms with Crippen LogP contribution in [0.25, 0.3) is 5.57 Å². The Morgan fingerprint density at radius 3 is 2.06 bits per heavy atom. The number of carbonyl (C=O) groups is 2. The molecule has 2 N–H and O–H groups in total. The third-order valence-corrected chi connectivity index (χ3v) is 16.6. The van der Waals surface area contributed by atoms with Gasteiger partial charge in [0, 0.05) is 19.6 Å². The van der Waals surface area contributed by atoms with E-state index in [1.807, 2.05) is 12.1 Å². The number of carboxylic acid groups (broad SMARTS) is 2. The smallest absolute Gasteiger partial charge is 0.335 e. The number of hydrogen-bond donors (Lipinski definition) is 2. The van der Waals surface area contributed by atoms with Gasteiger partial charge in [0.1, 0.15) is 0 Å². The van der Waals surface area contributed by atoms with Gasteiger partial charge in [-0.15, -0.1) is 0 Å². The maximum Gasteiger partial charge on any atom is 0.335 e. The highest BCUT2D eigenvalue weighted by Crippen LogP contribution is 2.81. The molecule has 0 amide bonds. The summed E-state index contributed by atoms with van der Waals surface area (Å²) in [5.74, 6) is -0.0321. The predicted octanol–water partition coefficient (Wildman–Crippen LogP) is 8.98. The second-order valence-corrected chi connectivity index (χ2v) is 19.1. The molecule has 0 aromatic heterocycles. The third kappa shape index (κ3) is 5.15. The molecule has 0 aliphatic heterocycles. The van der Waals surface area contributed by atoms with E-state index in [1.54, 1.807) is 12.1 Å². The molecule has 0 bridgehead atoms. The number of nitrogens with zero attached hydrogens (tertiary/aromatic N) is 2. The Bertz CT molecular complexity index is 1530. The zero-order valence-corrected chi connectivity index (χ0v) is 32.0. The summed E-state index contributed by atoms with van der Waals surface area (Å²) >= 11 is 0.